The number of likely N-dealkylation sites (tertiary alicyclic amines) is 1. The summed E-state index contributed by atoms with van der Waals surface area (Å²) < 4.78 is 0. The SMILES string of the molecule is CC(C)CNC(=O)C1CCN(C(=O)CCc2ccccc2)CC1. The molecule has 0 saturated carbocycles. The maximum Gasteiger partial charge on any atom is 0.223 e. The van der Waals surface area contributed by atoms with E-state index in [2.05, 4.69) is 31.3 Å². The summed E-state index contributed by atoms with van der Waals surface area (Å²) in [6.07, 6.45) is 2.89. The predicted octanol–water partition coefficient (Wildman–Crippen LogP) is 2.63. The Balaban J connectivity index is 1.71. The third-order valence-corrected chi connectivity index (χ3v) is 4.37. The van der Waals surface area contributed by atoms with Crippen molar-refractivity contribution in [1.29, 1.82) is 0 Å². The van der Waals surface area contributed by atoms with Crippen LogP contribution < -0.4 is 5.32 Å². The fourth-order valence-corrected chi connectivity index (χ4v) is 2.89. The normalized spacial score (nSPS) is 15.7. The first-order chi connectivity index (χ1) is 11.1. The number of nitrogens with one attached hydrogen (secondary N) is 1. The van der Waals surface area contributed by atoms with E-state index in [4.69, 9.17) is 0 Å². The Kier molecular flexibility index (Phi) is 6.63. The van der Waals surface area contributed by atoms with Gasteiger partial charge in [0.25, 0.3) is 0 Å². The molecule has 0 aromatic heterocycles. The number of carbonyl (C=O) groups is 2. The fraction of sp³-hybridized carbons (Fsp3) is 0.579. The standard InChI is InChI=1S/C19H28N2O2/c1-15(2)14-20-19(23)17-10-12-21(13-11-17)18(22)9-8-16-6-4-3-5-7-16/h3-7,15,17H,8-14H2,1-2H3,(H,20,23). The van der Waals surface area contributed by atoms with Gasteiger partial charge in [0.1, 0.15) is 0 Å². The van der Waals surface area contributed by atoms with Gasteiger partial charge in [0.15, 0.2) is 0 Å². The molecule has 2 rings (SSSR count). The number of benzene rings is 1. The maximum absolute atomic E-state index is 12.3. The summed E-state index contributed by atoms with van der Waals surface area (Å²) >= 11 is 0. The largest absolute Gasteiger partial charge is 0.356 e. The van der Waals surface area contributed by atoms with Gasteiger partial charge < -0.3 is 10.2 Å². The first-order valence-corrected chi connectivity index (χ1v) is 8.65. The van der Waals surface area contributed by atoms with Gasteiger partial charge in [0, 0.05) is 32.0 Å². The molecule has 0 aliphatic carbocycles. The van der Waals surface area contributed by atoms with E-state index in [1.807, 2.05) is 23.1 Å². The molecule has 0 atom stereocenters. The van der Waals surface area contributed by atoms with Crippen molar-refractivity contribution in [2.45, 2.75) is 39.5 Å². The Hall–Kier alpha value is -1.84. The maximum atomic E-state index is 12.3. The van der Waals surface area contributed by atoms with Crippen molar-refractivity contribution in [2.75, 3.05) is 19.6 Å². The Morgan fingerprint density at radius 1 is 1.17 bits per heavy atom. The summed E-state index contributed by atoms with van der Waals surface area (Å²) in [7, 11) is 0. The van der Waals surface area contributed by atoms with E-state index in [-0.39, 0.29) is 17.7 Å². The summed E-state index contributed by atoms with van der Waals surface area (Å²) in [5.74, 6) is 0.885. The highest BCUT2D eigenvalue weighted by atomic mass is 16.2. The molecule has 23 heavy (non-hydrogen) atoms. The van der Waals surface area contributed by atoms with Gasteiger partial charge in [0.05, 0.1) is 0 Å². The number of carbonyl (C=O) groups excluding carboxylic acids is 2. The number of piperidine rings is 1. The van der Waals surface area contributed by atoms with Gasteiger partial charge in [-0.3, -0.25) is 9.59 Å². The van der Waals surface area contributed by atoms with Crippen molar-refractivity contribution in [3.63, 3.8) is 0 Å². The molecular formula is C19H28N2O2. The Morgan fingerprint density at radius 2 is 1.83 bits per heavy atom. The monoisotopic (exact) mass is 316 g/mol. The van der Waals surface area contributed by atoms with Crippen LogP contribution in [0.25, 0.3) is 0 Å². The summed E-state index contributed by atoms with van der Waals surface area (Å²) in [5.41, 5.74) is 1.20. The van der Waals surface area contributed by atoms with Crippen LogP contribution in [0.3, 0.4) is 0 Å². The minimum Gasteiger partial charge on any atom is -0.356 e. The molecule has 1 aliphatic heterocycles. The number of rotatable bonds is 6. The van der Waals surface area contributed by atoms with Gasteiger partial charge in [-0.05, 0) is 30.7 Å². The first kappa shape index (κ1) is 17.5. The molecule has 1 aromatic rings. The highest BCUT2D eigenvalue weighted by Gasteiger charge is 2.26. The van der Waals surface area contributed by atoms with Crippen molar-refractivity contribution in [1.82, 2.24) is 10.2 Å². The fourth-order valence-electron chi connectivity index (χ4n) is 2.89. The molecule has 1 saturated heterocycles. The molecule has 126 valence electrons. The molecule has 0 radical (unpaired) electrons. The van der Waals surface area contributed by atoms with Gasteiger partial charge in [-0.15, -0.1) is 0 Å². The van der Waals surface area contributed by atoms with Crippen LogP contribution >= 0.6 is 0 Å². The Labute approximate surface area is 139 Å². The third kappa shape index (κ3) is 5.70. The zero-order valence-electron chi connectivity index (χ0n) is 14.3. The number of nitrogens with zero attached hydrogens (tertiary/aromatic N) is 1. The molecule has 0 spiro atoms. The molecule has 0 unspecified atom stereocenters. The van der Waals surface area contributed by atoms with Crippen LogP contribution in [-0.4, -0.2) is 36.3 Å². The quantitative estimate of drug-likeness (QED) is 0.877. The van der Waals surface area contributed by atoms with Crippen LogP contribution in [-0.2, 0) is 16.0 Å². The van der Waals surface area contributed by atoms with Gasteiger partial charge in [0.2, 0.25) is 11.8 Å². The molecule has 1 N–H and O–H groups in total. The van der Waals surface area contributed by atoms with E-state index < -0.39 is 0 Å². The van der Waals surface area contributed by atoms with Crippen LogP contribution in [0, 0.1) is 11.8 Å². The number of aryl methyl sites for hydroxylation is 1. The number of hydrogen-bond donors (Lipinski definition) is 1. The van der Waals surface area contributed by atoms with E-state index in [1.165, 1.54) is 5.56 Å². The number of hydrogen-bond acceptors (Lipinski definition) is 2. The van der Waals surface area contributed by atoms with E-state index in [0.29, 0.717) is 25.4 Å². The molecule has 1 heterocycles. The lowest BCUT2D eigenvalue weighted by molar-refractivity contribution is -0.135. The van der Waals surface area contributed by atoms with E-state index >= 15 is 0 Å². The first-order valence-electron chi connectivity index (χ1n) is 8.65. The lowest BCUT2D eigenvalue weighted by Crippen LogP contribution is -2.43. The molecule has 4 nitrogen and oxygen atoms in total. The van der Waals surface area contributed by atoms with Crippen LogP contribution in [0.1, 0.15) is 38.7 Å². The molecule has 1 aromatic carbocycles. The molecular weight excluding hydrogens is 288 g/mol. The molecule has 1 fully saturated rings. The summed E-state index contributed by atoms with van der Waals surface area (Å²) in [4.78, 5) is 26.3. The molecule has 4 heteroatoms. The van der Waals surface area contributed by atoms with Crippen molar-refractivity contribution in [3.8, 4) is 0 Å². The topological polar surface area (TPSA) is 49.4 Å². The minimum absolute atomic E-state index is 0.0620. The average molecular weight is 316 g/mol. The highest BCUT2D eigenvalue weighted by Crippen LogP contribution is 2.18. The summed E-state index contributed by atoms with van der Waals surface area (Å²) in [6, 6.07) is 10.1. The zero-order valence-corrected chi connectivity index (χ0v) is 14.3. The minimum atomic E-state index is 0.0620. The molecule has 1 aliphatic rings. The highest BCUT2D eigenvalue weighted by molar-refractivity contribution is 5.80. The van der Waals surface area contributed by atoms with Crippen LogP contribution in [0.5, 0.6) is 0 Å². The molecule has 2 amide bonds. The van der Waals surface area contributed by atoms with E-state index in [0.717, 1.165) is 25.8 Å². The summed E-state index contributed by atoms with van der Waals surface area (Å²) in [5, 5.41) is 3.00. The van der Waals surface area contributed by atoms with Crippen molar-refractivity contribution >= 4 is 11.8 Å². The van der Waals surface area contributed by atoms with Crippen molar-refractivity contribution < 1.29 is 9.59 Å². The zero-order chi connectivity index (χ0) is 16.7. The summed E-state index contributed by atoms with van der Waals surface area (Å²) in [6.45, 7) is 6.32. The van der Waals surface area contributed by atoms with Crippen LogP contribution in [0.15, 0.2) is 30.3 Å². The second kappa shape index (κ2) is 8.70. The van der Waals surface area contributed by atoms with E-state index in [9.17, 15) is 9.59 Å². The van der Waals surface area contributed by atoms with Crippen LogP contribution in [0.2, 0.25) is 0 Å². The average Bonchev–Trinajstić information content (AvgIpc) is 2.58. The van der Waals surface area contributed by atoms with Crippen molar-refractivity contribution in [2.24, 2.45) is 11.8 Å². The lowest BCUT2D eigenvalue weighted by Gasteiger charge is -2.31. The van der Waals surface area contributed by atoms with Gasteiger partial charge in [-0.1, -0.05) is 44.2 Å². The Morgan fingerprint density at radius 3 is 2.43 bits per heavy atom. The third-order valence-electron chi connectivity index (χ3n) is 4.37. The van der Waals surface area contributed by atoms with Gasteiger partial charge in [-0.25, -0.2) is 0 Å². The predicted molar refractivity (Wildman–Crippen MR) is 91.9 cm³/mol. The van der Waals surface area contributed by atoms with Crippen molar-refractivity contribution in [3.05, 3.63) is 35.9 Å². The van der Waals surface area contributed by atoms with Gasteiger partial charge >= 0.3 is 0 Å². The molecule has 0 bridgehead atoms. The van der Waals surface area contributed by atoms with E-state index in [1.54, 1.807) is 0 Å². The smallest absolute Gasteiger partial charge is 0.223 e. The second-order valence-electron chi connectivity index (χ2n) is 6.78. The van der Waals surface area contributed by atoms with Crippen LogP contribution in [0.4, 0.5) is 0 Å². The number of amides is 2. The lowest BCUT2D eigenvalue weighted by atomic mass is 9.95. The van der Waals surface area contributed by atoms with Gasteiger partial charge in [-0.2, -0.15) is 0 Å². The Bertz CT molecular complexity index is 505. The second-order valence-corrected chi connectivity index (χ2v) is 6.78.